The standard InChI is InChI=1S/C48H64N6O8S2/c1-5-50(6-2)28-15-27-49-63(57,58)43-23-22-41-26-32-53(36-39-19-13-10-14-20-39)46(45(41)34-43)61-47(55)48(56)62-54(30-16-29-51(7-3)8-4)64(59,60)44-24-21-40-25-31-52(37-42(40)33-44)35-38-17-11-9-12-18-38/h9-14,17-24,33-34,46,49H,5-8,15-16,25-32,35-37H2,1-4H3. The highest BCUT2D eigenvalue weighted by atomic mass is 32.2. The van der Waals surface area contributed by atoms with Crippen molar-refractivity contribution < 1.29 is 36.0 Å². The number of fused-ring (bicyclic) bond motifs is 2. The zero-order valence-electron chi connectivity index (χ0n) is 37.7. The molecular weight excluding hydrogens is 853 g/mol. The number of carbonyl (C=O) groups excluding carboxylic acids is 2. The Hall–Kier alpha value is -4.52. The van der Waals surface area contributed by atoms with Crippen LogP contribution < -0.4 is 4.72 Å². The lowest BCUT2D eigenvalue weighted by Crippen LogP contribution is -2.41. The van der Waals surface area contributed by atoms with E-state index in [4.69, 9.17) is 9.57 Å². The molecule has 1 atom stereocenters. The molecule has 0 amide bonds. The monoisotopic (exact) mass is 916 g/mol. The number of carbonyl (C=O) groups is 2. The first-order valence-electron chi connectivity index (χ1n) is 22.5. The van der Waals surface area contributed by atoms with Crippen LogP contribution >= 0.6 is 0 Å². The summed E-state index contributed by atoms with van der Waals surface area (Å²) < 4.78 is 65.4. The van der Waals surface area contributed by atoms with Gasteiger partial charge in [-0.1, -0.05) is 100 Å². The Morgan fingerprint density at radius 1 is 0.656 bits per heavy atom. The van der Waals surface area contributed by atoms with Crippen LogP contribution in [0, 0.1) is 0 Å². The second-order valence-electron chi connectivity index (χ2n) is 16.3. The molecule has 64 heavy (non-hydrogen) atoms. The molecule has 4 aromatic carbocycles. The summed E-state index contributed by atoms with van der Waals surface area (Å²) in [6.45, 7) is 15.5. The highest BCUT2D eigenvalue weighted by Gasteiger charge is 2.37. The molecule has 0 bridgehead atoms. The molecule has 0 spiro atoms. The van der Waals surface area contributed by atoms with E-state index in [1.165, 1.54) is 18.2 Å². The van der Waals surface area contributed by atoms with Gasteiger partial charge in [-0.2, -0.15) is 0 Å². The third kappa shape index (κ3) is 12.8. The van der Waals surface area contributed by atoms with Crippen LogP contribution in [0.3, 0.4) is 0 Å². The lowest BCUT2D eigenvalue weighted by atomic mass is 9.97. The molecule has 0 aliphatic carbocycles. The Morgan fingerprint density at radius 2 is 1.25 bits per heavy atom. The quantitative estimate of drug-likeness (QED) is 0.0444. The molecule has 16 heteroatoms. The number of nitrogens with zero attached hydrogens (tertiary/aromatic N) is 5. The summed E-state index contributed by atoms with van der Waals surface area (Å²) in [4.78, 5) is 41.7. The molecule has 2 heterocycles. The maximum Gasteiger partial charge on any atom is 0.437 e. The van der Waals surface area contributed by atoms with E-state index >= 15 is 0 Å². The molecule has 0 saturated heterocycles. The molecule has 0 aromatic heterocycles. The lowest BCUT2D eigenvalue weighted by molar-refractivity contribution is -0.192. The first-order chi connectivity index (χ1) is 30.8. The molecule has 0 fully saturated rings. The molecular formula is C48H64N6O8S2. The molecule has 14 nitrogen and oxygen atoms in total. The van der Waals surface area contributed by atoms with E-state index in [-0.39, 0.29) is 22.9 Å². The number of nitrogens with one attached hydrogen (secondary N) is 1. The first kappa shape index (κ1) is 48.9. The zero-order chi connectivity index (χ0) is 45.7. The normalized spacial score (nSPS) is 15.9. The van der Waals surface area contributed by atoms with Gasteiger partial charge in [-0.3, -0.25) is 9.80 Å². The number of hydroxylamine groups is 1. The number of esters is 1. The van der Waals surface area contributed by atoms with Crippen LogP contribution in [0.25, 0.3) is 0 Å². The Bertz CT molecular complexity index is 2380. The minimum Gasteiger partial charge on any atom is -0.433 e. The van der Waals surface area contributed by atoms with Crippen molar-refractivity contribution in [2.24, 2.45) is 0 Å². The van der Waals surface area contributed by atoms with Gasteiger partial charge in [-0.15, -0.1) is 0 Å². The molecule has 2 aliphatic heterocycles. The van der Waals surface area contributed by atoms with E-state index in [1.54, 1.807) is 12.1 Å². The van der Waals surface area contributed by atoms with Gasteiger partial charge in [-0.25, -0.2) is 31.1 Å². The van der Waals surface area contributed by atoms with E-state index < -0.39 is 38.2 Å². The SMILES string of the molecule is CCN(CC)CCCNS(=O)(=O)c1ccc2c(c1)C(OC(=O)C(=O)ON(CCCN(CC)CC)S(=O)(=O)c1ccc3c(c1)CN(Cc1ccccc1)CC3)N(Cc1ccccc1)CC2. The summed E-state index contributed by atoms with van der Waals surface area (Å²) in [5.74, 6) is -2.92. The van der Waals surface area contributed by atoms with Gasteiger partial charge in [0.05, 0.1) is 16.3 Å². The fourth-order valence-electron chi connectivity index (χ4n) is 8.33. The first-order valence-corrected chi connectivity index (χ1v) is 25.5. The van der Waals surface area contributed by atoms with E-state index in [9.17, 15) is 26.4 Å². The van der Waals surface area contributed by atoms with Gasteiger partial charge in [0.2, 0.25) is 10.0 Å². The fraction of sp³-hybridized carbons (Fsp3) is 0.458. The van der Waals surface area contributed by atoms with Crippen molar-refractivity contribution in [1.29, 1.82) is 0 Å². The second kappa shape index (κ2) is 23.1. The summed E-state index contributed by atoms with van der Waals surface area (Å²) in [6, 6.07) is 29.3. The summed E-state index contributed by atoms with van der Waals surface area (Å²) in [5, 5.41) is 0. The summed E-state index contributed by atoms with van der Waals surface area (Å²) in [5.41, 5.74) is 5.15. The number of sulfonamides is 2. The van der Waals surface area contributed by atoms with Gasteiger partial charge in [0.1, 0.15) is 0 Å². The van der Waals surface area contributed by atoms with Crippen LogP contribution in [0.1, 0.15) is 80.1 Å². The molecule has 0 saturated carbocycles. The van der Waals surface area contributed by atoms with E-state index in [0.29, 0.717) is 62.0 Å². The maximum absolute atomic E-state index is 14.5. The van der Waals surface area contributed by atoms with Crippen LogP contribution in [0.15, 0.2) is 107 Å². The molecule has 0 radical (unpaired) electrons. The number of rotatable bonds is 22. The number of hydrogen-bond donors (Lipinski definition) is 1. The van der Waals surface area contributed by atoms with Crippen LogP contribution in [-0.2, 0) is 71.7 Å². The molecule has 4 aromatic rings. The third-order valence-corrected chi connectivity index (χ3v) is 15.2. The predicted octanol–water partition coefficient (Wildman–Crippen LogP) is 5.74. The Balaban J connectivity index is 1.24. The molecule has 346 valence electrons. The van der Waals surface area contributed by atoms with Gasteiger partial charge in [0.25, 0.3) is 10.0 Å². The molecule has 1 unspecified atom stereocenters. The number of hydrogen-bond acceptors (Lipinski definition) is 12. The Kier molecular flexibility index (Phi) is 17.6. The molecule has 6 rings (SSSR count). The minimum atomic E-state index is -4.47. The van der Waals surface area contributed by atoms with Gasteiger partial charge in [0, 0.05) is 44.8 Å². The van der Waals surface area contributed by atoms with Crippen molar-refractivity contribution >= 4 is 32.0 Å². The summed E-state index contributed by atoms with van der Waals surface area (Å²) in [7, 11) is -8.41. The van der Waals surface area contributed by atoms with Crippen molar-refractivity contribution in [1.82, 2.24) is 28.8 Å². The Labute approximate surface area is 380 Å². The second-order valence-corrected chi connectivity index (χ2v) is 19.9. The van der Waals surface area contributed by atoms with Crippen LogP contribution in [0.2, 0.25) is 0 Å². The fourth-order valence-corrected chi connectivity index (χ4v) is 10.7. The van der Waals surface area contributed by atoms with Crippen molar-refractivity contribution in [3.63, 3.8) is 0 Å². The molecule has 2 aliphatic rings. The lowest BCUT2D eigenvalue weighted by Gasteiger charge is -2.36. The topological polar surface area (TPSA) is 149 Å². The van der Waals surface area contributed by atoms with Crippen LogP contribution in [-0.4, -0.2) is 118 Å². The van der Waals surface area contributed by atoms with E-state index in [0.717, 1.165) is 73.5 Å². The smallest absolute Gasteiger partial charge is 0.433 e. The predicted molar refractivity (Wildman–Crippen MR) is 247 cm³/mol. The van der Waals surface area contributed by atoms with Crippen molar-refractivity contribution in [3.05, 3.63) is 130 Å². The minimum absolute atomic E-state index is 0.00187. The largest absolute Gasteiger partial charge is 0.437 e. The van der Waals surface area contributed by atoms with Crippen molar-refractivity contribution in [2.75, 3.05) is 65.4 Å². The van der Waals surface area contributed by atoms with Crippen molar-refractivity contribution in [2.45, 2.75) is 89.0 Å². The Morgan fingerprint density at radius 3 is 1.91 bits per heavy atom. The maximum atomic E-state index is 14.5. The number of benzene rings is 4. The zero-order valence-corrected chi connectivity index (χ0v) is 39.3. The van der Waals surface area contributed by atoms with E-state index in [2.05, 4.69) is 45.4 Å². The number of ether oxygens (including phenoxy) is 1. The van der Waals surface area contributed by atoms with Gasteiger partial charge in [-0.05, 0) is 122 Å². The highest BCUT2D eigenvalue weighted by molar-refractivity contribution is 7.89. The summed E-state index contributed by atoms with van der Waals surface area (Å²) in [6.07, 6.45) is 1.04. The van der Waals surface area contributed by atoms with Crippen molar-refractivity contribution in [3.8, 4) is 0 Å². The average Bonchev–Trinajstić information content (AvgIpc) is 3.30. The van der Waals surface area contributed by atoms with Crippen LogP contribution in [0.4, 0.5) is 0 Å². The average molecular weight is 917 g/mol. The molecule has 1 N–H and O–H groups in total. The van der Waals surface area contributed by atoms with Gasteiger partial charge < -0.3 is 19.4 Å². The van der Waals surface area contributed by atoms with E-state index in [1.807, 2.05) is 73.3 Å². The summed E-state index contributed by atoms with van der Waals surface area (Å²) >= 11 is 0. The van der Waals surface area contributed by atoms with Gasteiger partial charge >= 0.3 is 11.9 Å². The van der Waals surface area contributed by atoms with Crippen LogP contribution in [0.5, 0.6) is 0 Å². The highest BCUT2D eigenvalue weighted by Crippen LogP contribution is 2.34. The third-order valence-electron chi connectivity index (χ3n) is 12.1. The van der Waals surface area contributed by atoms with Gasteiger partial charge in [0.15, 0.2) is 6.23 Å².